The van der Waals surface area contributed by atoms with Gasteiger partial charge in [-0.2, -0.15) is 0 Å². The van der Waals surface area contributed by atoms with Gasteiger partial charge in [0.25, 0.3) is 0 Å². The summed E-state index contributed by atoms with van der Waals surface area (Å²) >= 11 is 0. The van der Waals surface area contributed by atoms with Crippen LogP contribution >= 0.6 is 0 Å². The molecule has 1 atom stereocenters. The van der Waals surface area contributed by atoms with Gasteiger partial charge < -0.3 is 32.8 Å². The minimum atomic E-state index is 0. The molecule has 1 aliphatic heterocycles. The third kappa shape index (κ3) is 2.78. The van der Waals surface area contributed by atoms with Crippen LogP contribution in [0.25, 0.3) is 5.73 Å². The Balaban J connectivity index is 0.000000980. The molecule has 2 heterocycles. The first-order valence-electron chi connectivity index (χ1n) is 4.13. The molecule has 0 fully saturated rings. The molecule has 0 aromatic carbocycles. The molecular weight excluding hydrogens is 269 g/mol. The van der Waals surface area contributed by atoms with Gasteiger partial charge in [-0.1, -0.05) is 0 Å². The number of ether oxygens (including phenoxy) is 1. The zero-order valence-corrected chi connectivity index (χ0v) is 12.0. The van der Waals surface area contributed by atoms with Crippen molar-refractivity contribution in [3.63, 3.8) is 0 Å². The van der Waals surface area contributed by atoms with Gasteiger partial charge in [0.05, 0.1) is 6.04 Å². The van der Waals surface area contributed by atoms with E-state index in [0.717, 1.165) is 0 Å². The number of anilines is 1. The summed E-state index contributed by atoms with van der Waals surface area (Å²) in [6.45, 7) is 2.69. The van der Waals surface area contributed by atoms with Crippen molar-refractivity contribution >= 4 is 11.8 Å². The predicted molar refractivity (Wildman–Crippen MR) is 55.8 cm³/mol. The summed E-state index contributed by atoms with van der Waals surface area (Å²) in [5, 5.41) is 0. The fourth-order valence-electron chi connectivity index (χ4n) is 1.25. The molecule has 1 aromatic rings. The quantitative estimate of drug-likeness (QED) is 0.681. The van der Waals surface area contributed by atoms with E-state index in [-0.39, 0.29) is 46.1 Å². The van der Waals surface area contributed by atoms with Crippen molar-refractivity contribution in [3.05, 3.63) is 19.4 Å². The molecule has 6 heteroatoms. The van der Waals surface area contributed by atoms with Crippen molar-refractivity contribution in [2.75, 3.05) is 18.6 Å². The maximum absolute atomic E-state index is 7.29. The maximum atomic E-state index is 7.29. The summed E-state index contributed by atoms with van der Waals surface area (Å²) in [5.74, 6) is 1.40. The van der Waals surface area contributed by atoms with Gasteiger partial charge in [-0.15, -0.1) is 0 Å². The van der Waals surface area contributed by atoms with E-state index in [9.17, 15) is 0 Å². The van der Waals surface area contributed by atoms with Crippen LogP contribution in [-0.4, -0.2) is 29.7 Å². The molecule has 0 aliphatic carbocycles. The molecule has 1 aliphatic rings. The normalized spacial score (nSPS) is 18.0. The third-order valence-corrected chi connectivity index (χ3v) is 2.21. The van der Waals surface area contributed by atoms with E-state index in [1.54, 1.807) is 6.20 Å². The van der Waals surface area contributed by atoms with Crippen LogP contribution < -0.4 is 9.64 Å². The first-order chi connectivity index (χ1) is 6.18. The van der Waals surface area contributed by atoms with Crippen molar-refractivity contribution in [3.8, 4) is 5.75 Å². The summed E-state index contributed by atoms with van der Waals surface area (Å²) in [6.07, 6.45) is 1.55. The standard InChI is InChI=1S/C8H11N4O.CH3.Y/c1-5-4-13-6-3-10-8(9)11-7(6)12(5)2;;/h3,5H,4H2,1-2H3,(H-,9,10,11);1H3;/q2*-1;. The van der Waals surface area contributed by atoms with Crippen LogP contribution in [0.15, 0.2) is 6.20 Å². The number of nitrogens with zero attached hydrogens (tertiary/aromatic N) is 3. The van der Waals surface area contributed by atoms with Gasteiger partial charge in [-0.05, 0) is 6.92 Å². The fraction of sp³-hybridized carbons (Fsp3) is 0.444. The summed E-state index contributed by atoms with van der Waals surface area (Å²) in [5.41, 5.74) is 7.29. The van der Waals surface area contributed by atoms with E-state index in [2.05, 4.69) is 16.9 Å². The molecule has 81 valence electrons. The average molecular weight is 283 g/mol. The Kier molecular flexibility index (Phi) is 5.45. The second kappa shape index (κ2) is 5.61. The molecule has 1 N–H and O–H groups in total. The number of hydrogen-bond donors (Lipinski definition) is 0. The Morgan fingerprint density at radius 1 is 1.60 bits per heavy atom. The van der Waals surface area contributed by atoms with Crippen LogP contribution in [0.2, 0.25) is 0 Å². The number of fused-ring (bicyclic) bond motifs is 1. The van der Waals surface area contributed by atoms with Crippen LogP contribution in [0.3, 0.4) is 0 Å². The summed E-state index contributed by atoms with van der Waals surface area (Å²) in [6, 6.07) is 0.293. The number of rotatable bonds is 0. The number of hydrogen-bond acceptors (Lipinski definition) is 4. The van der Waals surface area contributed by atoms with E-state index in [4.69, 9.17) is 10.5 Å². The van der Waals surface area contributed by atoms with E-state index in [1.807, 2.05) is 11.9 Å². The van der Waals surface area contributed by atoms with Gasteiger partial charge in [-0.25, -0.2) is 0 Å². The summed E-state index contributed by atoms with van der Waals surface area (Å²) < 4.78 is 5.41. The van der Waals surface area contributed by atoms with Crippen LogP contribution in [0.1, 0.15) is 6.92 Å². The summed E-state index contributed by atoms with van der Waals surface area (Å²) in [4.78, 5) is 9.76. The van der Waals surface area contributed by atoms with Crippen molar-refractivity contribution in [2.24, 2.45) is 0 Å². The Morgan fingerprint density at radius 3 is 2.93 bits per heavy atom. The van der Waals surface area contributed by atoms with Crippen LogP contribution in [-0.2, 0) is 32.7 Å². The van der Waals surface area contributed by atoms with Gasteiger partial charge in [0.15, 0.2) is 0 Å². The van der Waals surface area contributed by atoms with Crippen molar-refractivity contribution in [1.82, 2.24) is 9.97 Å². The first-order valence-corrected chi connectivity index (χ1v) is 4.13. The first kappa shape index (κ1) is 14.6. The molecule has 0 amide bonds. The predicted octanol–water partition coefficient (Wildman–Crippen LogP) is 1.83. The van der Waals surface area contributed by atoms with Crippen LogP contribution in [0, 0.1) is 7.43 Å². The van der Waals surface area contributed by atoms with E-state index >= 15 is 0 Å². The molecule has 0 spiro atoms. The largest absolute Gasteiger partial charge is 0.489 e. The van der Waals surface area contributed by atoms with Crippen molar-refractivity contribution < 1.29 is 37.4 Å². The molecule has 5 nitrogen and oxygen atoms in total. The van der Waals surface area contributed by atoms with Crippen molar-refractivity contribution in [2.45, 2.75) is 13.0 Å². The Bertz CT molecular complexity index is 334. The molecule has 15 heavy (non-hydrogen) atoms. The number of aromatic nitrogens is 2. The molecule has 1 aromatic heterocycles. The third-order valence-electron chi connectivity index (χ3n) is 2.21. The van der Waals surface area contributed by atoms with Gasteiger partial charge in [0, 0.05) is 51.9 Å². The Morgan fingerprint density at radius 2 is 2.27 bits per heavy atom. The van der Waals surface area contributed by atoms with Crippen molar-refractivity contribution in [1.29, 1.82) is 0 Å². The monoisotopic (exact) mass is 283 g/mol. The van der Waals surface area contributed by atoms with Crippen LogP contribution in [0.4, 0.5) is 11.8 Å². The number of likely N-dealkylation sites (N-methyl/N-ethyl adjacent to an activating group) is 1. The zero-order chi connectivity index (χ0) is 9.42. The van der Waals surface area contributed by atoms with Gasteiger partial charge in [0.2, 0.25) is 0 Å². The molecular formula is C9H14N4OY-2. The maximum Gasteiger partial charge on any atom is 0.148 e. The molecule has 0 saturated carbocycles. The minimum Gasteiger partial charge on any atom is -0.489 e. The molecule has 0 bridgehead atoms. The Hall–Kier alpha value is -0.416. The fourth-order valence-corrected chi connectivity index (χ4v) is 1.25. The molecule has 0 saturated heterocycles. The second-order valence-electron chi connectivity index (χ2n) is 3.15. The summed E-state index contributed by atoms with van der Waals surface area (Å²) in [7, 11) is 1.94. The van der Waals surface area contributed by atoms with E-state index < -0.39 is 0 Å². The van der Waals surface area contributed by atoms with Gasteiger partial charge in [-0.3, -0.25) is 0 Å². The van der Waals surface area contributed by atoms with Gasteiger partial charge in [0.1, 0.15) is 18.2 Å². The Labute approximate surface area is 115 Å². The SMILES string of the molecule is CC1COc2cnc([NH-])nc2N1C.[CH3-].[Y]. The van der Waals surface area contributed by atoms with E-state index in [0.29, 0.717) is 24.2 Å². The van der Waals surface area contributed by atoms with Gasteiger partial charge >= 0.3 is 0 Å². The van der Waals surface area contributed by atoms with Crippen LogP contribution in [0.5, 0.6) is 5.75 Å². The number of nitrogens with one attached hydrogen (secondary N) is 1. The zero-order valence-electron chi connectivity index (χ0n) is 9.19. The molecule has 1 radical (unpaired) electrons. The second-order valence-corrected chi connectivity index (χ2v) is 3.15. The topological polar surface area (TPSA) is 62.1 Å². The van der Waals surface area contributed by atoms with E-state index in [1.165, 1.54) is 0 Å². The minimum absolute atomic E-state index is 0. The molecule has 2 rings (SSSR count). The average Bonchev–Trinajstić information content (AvgIpc) is 2.12. The smallest absolute Gasteiger partial charge is 0.148 e. The molecule has 1 unspecified atom stereocenters.